The van der Waals surface area contributed by atoms with Crippen molar-refractivity contribution in [1.82, 2.24) is 0 Å². The number of anilines is 1. The molecule has 0 saturated carbocycles. The van der Waals surface area contributed by atoms with Crippen LogP contribution in [0.5, 0.6) is 5.75 Å². The minimum Gasteiger partial charge on any atom is -0.462 e. The third-order valence-corrected chi connectivity index (χ3v) is 6.17. The lowest BCUT2D eigenvalue weighted by Crippen LogP contribution is -2.35. The molecule has 0 atom stereocenters. The fraction of sp³-hybridized carbons (Fsp3) is 0.308. The summed E-state index contributed by atoms with van der Waals surface area (Å²) < 4.78 is 11.4. The molecule has 0 aliphatic carbocycles. The minimum atomic E-state index is -0.652. The molecule has 31 heavy (non-hydrogen) atoms. The number of hydrogen-bond donors (Lipinski definition) is 0. The lowest BCUT2D eigenvalue weighted by molar-refractivity contribution is -0.138. The Labute approximate surface area is 182 Å². The van der Waals surface area contributed by atoms with Crippen LogP contribution < -0.4 is 9.64 Å². The highest BCUT2D eigenvalue weighted by Crippen LogP contribution is 2.48. The molecule has 0 saturated heterocycles. The molecule has 0 amide bonds. The fourth-order valence-electron chi connectivity index (χ4n) is 4.88. The summed E-state index contributed by atoms with van der Waals surface area (Å²) in [5, 5.41) is 9.73. The number of benzene rings is 2. The first-order valence-corrected chi connectivity index (χ1v) is 10.9. The maximum atomic E-state index is 12.5. The van der Waals surface area contributed by atoms with Crippen LogP contribution >= 0.6 is 0 Å². The van der Waals surface area contributed by atoms with Gasteiger partial charge in [-0.1, -0.05) is 30.3 Å². The predicted octanol–water partition coefficient (Wildman–Crippen LogP) is 4.55. The number of carbonyl (C=O) groups excluding carboxylic acids is 1. The standard InChI is InChI=1S/C26H24N2O3/c1-2-30-26(29)22(16-27)23-15-20(17-8-4-3-5-9-17)21-14-18-10-6-12-28-13-7-11-19(24(18)28)25(21)31-23/h3-5,8-9,14-15H,2,6-7,10-13H2,1H3/b23-22-. The topological polar surface area (TPSA) is 62.6 Å². The number of rotatable bonds is 3. The van der Waals surface area contributed by atoms with Crippen molar-refractivity contribution in [3.63, 3.8) is 0 Å². The van der Waals surface area contributed by atoms with E-state index in [1.807, 2.05) is 42.5 Å². The van der Waals surface area contributed by atoms with Crippen molar-refractivity contribution < 1.29 is 14.3 Å². The maximum absolute atomic E-state index is 12.5. The Morgan fingerprint density at radius 2 is 1.97 bits per heavy atom. The molecule has 0 fully saturated rings. The Morgan fingerprint density at radius 3 is 2.71 bits per heavy atom. The van der Waals surface area contributed by atoms with Crippen LogP contribution in [-0.4, -0.2) is 25.7 Å². The first-order chi connectivity index (χ1) is 15.2. The van der Waals surface area contributed by atoms with Gasteiger partial charge in [0.25, 0.3) is 0 Å². The van der Waals surface area contributed by atoms with E-state index in [0.717, 1.165) is 61.2 Å². The highest BCUT2D eigenvalue weighted by Gasteiger charge is 2.33. The number of allylic oxidation sites excluding steroid dienone is 1. The Morgan fingerprint density at radius 1 is 1.19 bits per heavy atom. The van der Waals surface area contributed by atoms with Gasteiger partial charge in [-0.3, -0.25) is 0 Å². The van der Waals surface area contributed by atoms with E-state index in [1.54, 1.807) is 6.92 Å². The summed E-state index contributed by atoms with van der Waals surface area (Å²) in [6.07, 6.45) is 6.03. The molecule has 3 aliphatic rings. The molecule has 0 aromatic heterocycles. The molecular weight excluding hydrogens is 388 g/mol. The number of aryl methyl sites for hydroxylation is 1. The molecule has 0 radical (unpaired) electrons. The van der Waals surface area contributed by atoms with Gasteiger partial charge in [0.05, 0.1) is 6.61 Å². The molecule has 2 aromatic carbocycles. The van der Waals surface area contributed by atoms with Crippen molar-refractivity contribution in [2.45, 2.75) is 32.6 Å². The first kappa shape index (κ1) is 19.4. The molecular formula is C26H24N2O3. The molecule has 0 N–H and O–H groups in total. The number of hydrogen-bond acceptors (Lipinski definition) is 5. The predicted molar refractivity (Wildman–Crippen MR) is 119 cm³/mol. The average molecular weight is 412 g/mol. The fourth-order valence-corrected chi connectivity index (χ4v) is 4.88. The summed E-state index contributed by atoms with van der Waals surface area (Å²) in [4.78, 5) is 14.9. The second-order valence-corrected chi connectivity index (χ2v) is 8.03. The van der Waals surface area contributed by atoms with Gasteiger partial charge < -0.3 is 14.4 Å². The lowest BCUT2D eigenvalue weighted by Gasteiger charge is -2.39. The van der Waals surface area contributed by atoms with Gasteiger partial charge in [0.1, 0.15) is 11.8 Å². The van der Waals surface area contributed by atoms with Gasteiger partial charge in [-0.2, -0.15) is 5.26 Å². The van der Waals surface area contributed by atoms with Crippen LogP contribution in [0.1, 0.15) is 42.0 Å². The number of esters is 1. The van der Waals surface area contributed by atoms with E-state index in [1.165, 1.54) is 16.8 Å². The molecule has 0 unspecified atom stereocenters. The van der Waals surface area contributed by atoms with Crippen LogP contribution in [0.4, 0.5) is 5.69 Å². The third-order valence-electron chi connectivity index (χ3n) is 6.17. The number of fused-ring (bicyclic) bond motifs is 2. The van der Waals surface area contributed by atoms with Crippen LogP contribution in [0.25, 0.3) is 5.57 Å². The van der Waals surface area contributed by atoms with Gasteiger partial charge in [-0.25, -0.2) is 4.79 Å². The van der Waals surface area contributed by atoms with Crippen molar-refractivity contribution in [3.05, 3.63) is 76.1 Å². The van der Waals surface area contributed by atoms with Crippen LogP contribution in [-0.2, 0) is 22.4 Å². The van der Waals surface area contributed by atoms with Gasteiger partial charge in [-0.05, 0) is 61.4 Å². The largest absolute Gasteiger partial charge is 0.462 e. The minimum absolute atomic E-state index is 0.0986. The van der Waals surface area contributed by atoms with E-state index < -0.39 is 5.97 Å². The summed E-state index contributed by atoms with van der Waals surface area (Å²) in [7, 11) is 0. The van der Waals surface area contributed by atoms with E-state index in [9.17, 15) is 10.1 Å². The van der Waals surface area contributed by atoms with Crippen molar-refractivity contribution >= 4 is 17.2 Å². The van der Waals surface area contributed by atoms with Crippen LogP contribution in [0.15, 0.2) is 53.8 Å². The molecule has 5 nitrogen and oxygen atoms in total. The van der Waals surface area contributed by atoms with Gasteiger partial charge in [-0.15, -0.1) is 0 Å². The molecule has 3 heterocycles. The monoisotopic (exact) mass is 412 g/mol. The van der Waals surface area contributed by atoms with Crippen LogP contribution in [0.3, 0.4) is 0 Å². The highest BCUT2D eigenvalue weighted by molar-refractivity contribution is 5.96. The van der Waals surface area contributed by atoms with Crippen molar-refractivity contribution in [3.8, 4) is 11.8 Å². The third kappa shape index (κ3) is 3.29. The zero-order chi connectivity index (χ0) is 21.4. The Hall–Kier alpha value is -3.52. The summed E-state index contributed by atoms with van der Waals surface area (Å²) in [5.41, 5.74) is 6.78. The molecule has 2 aromatic rings. The smallest absolute Gasteiger partial charge is 0.352 e. The Kier molecular flexibility index (Phi) is 4.99. The van der Waals surface area contributed by atoms with Crippen LogP contribution in [0, 0.1) is 11.3 Å². The Bertz CT molecular complexity index is 1150. The summed E-state index contributed by atoms with van der Waals surface area (Å²) >= 11 is 0. The van der Waals surface area contributed by atoms with E-state index >= 15 is 0 Å². The quantitative estimate of drug-likeness (QED) is 0.420. The summed E-state index contributed by atoms with van der Waals surface area (Å²) in [6.45, 7) is 4.06. The van der Waals surface area contributed by atoms with Crippen molar-refractivity contribution in [1.29, 1.82) is 5.26 Å². The number of nitriles is 1. The average Bonchev–Trinajstić information content (AvgIpc) is 2.80. The first-order valence-electron chi connectivity index (χ1n) is 10.9. The summed E-state index contributed by atoms with van der Waals surface area (Å²) in [5.74, 6) is 0.385. The highest BCUT2D eigenvalue weighted by atomic mass is 16.5. The number of ether oxygens (including phenoxy) is 2. The molecule has 5 rings (SSSR count). The van der Waals surface area contributed by atoms with Crippen LogP contribution in [0.2, 0.25) is 0 Å². The van der Waals surface area contributed by atoms with Gasteiger partial charge in [0.15, 0.2) is 11.3 Å². The number of carbonyl (C=O) groups is 1. The maximum Gasteiger partial charge on any atom is 0.352 e. The van der Waals surface area contributed by atoms with E-state index in [4.69, 9.17) is 9.47 Å². The zero-order valence-electron chi connectivity index (χ0n) is 17.6. The Balaban J connectivity index is 1.76. The van der Waals surface area contributed by atoms with E-state index in [0.29, 0.717) is 0 Å². The summed E-state index contributed by atoms with van der Waals surface area (Å²) in [6, 6.07) is 14.3. The lowest BCUT2D eigenvalue weighted by atomic mass is 9.84. The number of nitrogens with zero attached hydrogens (tertiary/aromatic N) is 2. The van der Waals surface area contributed by atoms with E-state index in [2.05, 4.69) is 11.0 Å². The van der Waals surface area contributed by atoms with Gasteiger partial charge in [0.2, 0.25) is 0 Å². The van der Waals surface area contributed by atoms with Gasteiger partial charge >= 0.3 is 5.97 Å². The van der Waals surface area contributed by atoms with Gasteiger partial charge in [0, 0.05) is 29.9 Å². The molecule has 0 bridgehead atoms. The second-order valence-electron chi connectivity index (χ2n) is 8.03. The van der Waals surface area contributed by atoms with E-state index in [-0.39, 0.29) is 17.9 Å². The molecule has 3 aliphatic heterocycles. The molecule has 156 valence electrons. The second kappa shape index (κ2) is 7.96. The van der Waals surface area contributed by atoms with Crippen molar-refractivity contribution in [2.75, 3.05) is 24.6 Å². The molecule has 0 spiro atoms. The molecule has 5 heteroatoms. The van der Waals surface area contributed by atoms with Crippen molar-refractivity contribution in [2.24, 2.45) is 0 Å². The zero-order valence-corrected chi connectivity index (χ0v) is 17.6. The normalized spacial score (nSPS) is 18.1. The SMILES string of the molecule is CCOC(=O)/C(C#N)=C1/C=C(c2ccccc2)c2cc3c4c(c2O1)CCCN4CCC3.